The number of hydrogen-bond donors (Lipinski definition) is 2. The van der Waals surface area contributed by atoms with Crippen LogP contribution in [0.1, 0.15) is 27.2 Å². The molecular formula is C18H16N2OS. The molecule has 4 heteroatoms. The fourth-order valence-electron chi connectivity index (χ4n) is 3.19. The summed E-state index contributed by atoms with van der Waals surface area (Å²) in [7, 11) is 0. The number of benzene rings is 2. The van der Waals surface area contributed by atoms with Gasteiger partial charge < -0.3 is 11.1 Å². The minimum absolute atomic E-state index is 0.0896. The zero-order valence-electron chi connectivity index (χ0n) is 12.1. The van der Waals surface area contributed by atoms with Crippen molar-refractivity contribution in [1.29, 1.82) is 0 Å². The van der Waals surface area contributed by atoms with E-state index in [9.17, 15) is 4.79 Å². The van der Waals surface area contributed by atoms with Gasteiger partial charge in [0.05, 0.1) is 10.6 Å². The quantitative estimate of drug-likeness (QED) is 0.744. The van der Waals surface area contributed by atoms with Crippen molar-refractivity contribution in [1.82, 2.24) is 0 Å². The van der Waals surface area contributed by atoms with Crippen LogP contribution in [-0.2, 0) is 12.8 Å². The molecule has 1 aromatic heterocycles. The van der Waals surface area contributed by atoms with Gasteiger partial charge in [-0.2, -0.15) is 0 Å². The summed E-state index contributed by atoms with van der Waals surface area (Å²) in [5.41, 5.74) is 8.75. The number of aryl methyl sites for hydroxylation is 1. The van der Waals surface area contributed by atoms with E-state index >= 15 is 0 Å². The SMILES string of the molecule is Nc1sc2c(c1C(=O)Nc1cccc3ccccc13)CCC2. The van der Waals surface area contributed by atoms with Gasteiger partial charge in [0, 0.05) is 16.0 Å². The topological polar surface area (TPSA) is 55.1 Å². The lowest BCUT2D eigenvalue weighted by molar-refractivity contribution is 0.102. The zero-order chi connectivity index (χ0) is 15.1. The highest BCUT2D eigenvalue weighted by molar-refractivity contribution is 7.16. The lowest BCUT2D eigenvalue weighted by Crippen LogP contribution is -2.14. The van der Waals surface area contributed by atoms with Crippen LogP contribution in [0.4, 0.5) is 10.7 Å². The number of fused-ring (bicyclic) bond motifs is 2. The van der Waals surface area contributed by atoms with E-state index in [4.69, 9.17) is 5.73 Å². The van der Waals surface area contributed by atoms with Gasteiger partial charge in [0.25, 0.3) is 5.91 Å². The van der Waals surface area contributed by atoms with Crippen molar-refractivity contribution in [3.8, 4) is 0 Å². The van der Waals surface area contributed by atoms with Crippen molar-refractivity contribution >= 4 is 38.7 Å². The normalized spacial score (nSPS) is 13.3. The number of nitrogens with one attached hydrogen (secondary N) is 1. The van der Waals surface area contributed by atoms with E-state index in [0.29, 0.717) is 10.6 Å². The zero-order valence-corrected chi connectivity index (χ0v) is 12.9. The van der Waals surface area contributed by atoms with Crippen molar-refractivity contribution in [2.24, 2.45) is 0 Å². The van der Waals surface area contributed by atoms with Crippen LogP contribution in [0.5, 0.6) is 0 Å². The monoisotopic (exact) mass is 308 g/mol. The molecule has 3 aromatic rings. The predicted molar refractivity (Wildman–Crippen MR) is 92.7 cm³/mol. The van der Waals surface area contributed by atoms with Gasteiger partial charge in [0.2, 0.25) is 0 Å². The van der Waals surface area contributed by atoms with Crippen molar-refractivity contribution in [3.05, 3.63) is 58.5 Å². The lowest BCUT2D eigenvalue weighted by Gasteiger charge is -2.09. The Balaban J connectivity index is 1.73. The minimum atomic E-state index is -0.0896. The van der Waals surface area contributed by atoms with Gasteiger partial charge in [-0.3, -0.25) is 4.79 Å². The highest BCUT2D eigenvalue weighted by Gasteiger charge is 2.25. The van der Waals surface area contributed by atoms with E-state index in [-0.39, 0.29) is 5.91 Å². The molecule has 1 heterocycles. The van der Waals surface area contributed by atoms with Crippen LogP contribution in [0.15, 0.2) is 42.5 Å². The molecule has 4 rings (SSSR count). The maximum atomic E-state index is 12.7. The van der Waals surface area contributed by atoms with E-state index in [1.54, 1.807) is 11.3 Å². The summed E-state index contributed by atoms with van der Waals surface area (Å²) in [6.45, 7) is 0. The molecule has 3 nitrogen and oxygen atoms in total. The van der Waals surface area contributed by atoms with Gasteiger partial charge in [0.1, 0.15) is 0 Å². The van der Waals surface area contributed by atoms with E-state index in [1.807, 2.05) is 42.5 Å². The first kappa shape index (κ1) is 13.3. The van der Waals surface area contributed by atoms with Crippen molar-refractivity contribution < 1.29 is 4.79 Å². The minimum Gasteiger partial charge on any atom is -0.390 e. The van der Waals surface area contributed by atoms with Crippen molar-refractivity contribution in [2.75, 3.05) is 11.1 Å². The number of anilines is 2. The Morgan fingerprint density at radius 3 is 2.82 bits per heavy atom. The summed E-state index contributed by atoms with van der Waals surface area (Å²) in [5, 5.41) is 5.85. The Morgan fingerprint density at radius 1 is 1.09 bits per heavy atom. The smallest absolute Gasteiger partial charge is 0.258 e. The van der Waals surface area contributed by atoms with Crippen molar-refractivity contribution in [3.63, 3.8) is 0 Å². The number of amides is 1. The molecular weight excluding hydrogens is 292 g/mol. The number of rotatable bonds is 2. The number of thiophene rings is 1. The van der Waals surface area contributed by atoms with Crippen LogP contribution in [0.2, 0.25) is 0 Å². The second kappa shape index (κ2) is 5.14. The molecule has 1 aliphatic rings. The van der Waals surface area contributed by atoms with Crippen LogP contribution in [0.25, 0.3) is 10.8 Å². The first-order chi connectivity index (χ1) is 10.7. The molecule has 22 heavy (non-hydrogen) atoms. The molecule has 0 saturated carbocycles. The maximum Gasteiger partial charge on any atom is 0.258 e. The van der Waals surface area contributed by atoms with E-state index in [2.05, 4.69) is 5.32 Å². The Labute approximate surface area is 132 Å². The number of nitrogen functional groups attached to an aromatic ring is 1. The van der Waals surface area contributed by atoms with Crippen LogP contribution in [-0.4, -0.2) is 5.91 Å². The molecule has 0 atom stereocenters. The van der Waals surface area contributed by atoms with Crippen LogP contribution < -0.4 is 11.1 Å². The Morgan fingerprint density at radius 2 is 1.91 bits per heavy atom. The fraction of sp³-hybridized carbons (Fsp3) is 0.167. The fourth-order valence-corrected chi connectivity index (χ4v) is 4.35. The molecule has 2 aromatic carbocycles. The molecule has 0 saturated heterocycles. The molecule has 1 amide bonds. The maximum absolute atomic E-state index is 12.7. The third-order valence-electron chi connectivity index (χ3n) is 4.21. The van der Waals surface area contributed by atoms with Gasteiger partial charge in [-0.15, -0.1) is 11.3 Å². The largest absolute Gasteiger partial charge is 0.390 e. The third kappa shape index (κ3) is 2.07. The van der Waals surface area contributed by atoms with E-state index in [0.717, 1.165) is 41.3 Å². The summed E-state index contributed by atoms with van der Waals surface area (Å²) in [6.07, 6.45) is 3.13. The highest BCUT2D eigenvalue weighted by Crippen LogP contribution is 2.37. The molecule has 0 radical (unpaired) electrons. The summed E-state index contributed by atoms with van der Waals surface area (Å²) in [5.74, 6) is -0.0896. The molecule has 0 bridgehead atoms. The number of carbonyl (C=O) groups excluding carboxylic acids is 1. The van der Waals surface area contributed by atoms with E-state index in [1.165, 1.54) is 4.88 Å². The molecule has 0 aliphatic heterocycles. The summed E-state index contributed by atoms with van der Waals surface area (Å²) in [6, 6.07) is 14.0. The van der Waals surface area contributed by atoms with Gasteiger partial charge in [0.15, 0.2) is 0 Å². The molecule has 110 valence electrons. The van der Waals surface area contributed by atoms with Gasteiger partial charge in [-0.1, -0.05) is 36.4 Å². The van der Waals surface area contributed by atoms with Gasteiger partial charge in [-0.25, -0.2) is 0 Å². The molecule has 0 unspecified atom stereocenters. The van der Waals surface area contributed by atoms with Crippen LogP contribution >= 0.6 is 11.3 Å². The predicted octanol–water partition coefficient (Wildman–Crippen LogP) is 4.22. The average molecular weight is 308 g/mol. The molecule has 1 aliphatic carbocycles. The van der Waals surface area contributed by atoms with Crippen LogP contribution in [0, 0.1) is 0 Å². The molecule has 0 fully saturated rings. The first-order valence-electron chi connectivity index (χ1n) is 7.43. The molecule has 3 N–H and O–H groups in total. The second-order valence-corrected chi connectivity index (χ2v) is 6.71. The average Bonchev–Trinajstić information content (AvgIpc) is 3.07. The number of nitrogens with two attached hydrogens (primary N) is 1. The molecule has 0 spiro atoms. The van der Waals surface area contributed by atoms with E-state index < -0.39 is 0 Å². The number of hydrogen-bond acceptors (Lipinski definition) is 3. The summed E-state index contributed by atoms with van der Waals surface area (Å²) in [4.78, 5) is 14.0. The second-order valence-electron chi connectivity index (χ2n) is 5.58. The van der Waals surface area contributed by atoms with Crippen molar-refractivity contribution in [2.45, 2.75) is 19.3 Å². The Kier molecular flexibility index (Phi) is 3.12. The van der Waals surface area contributed by atoms with Gasteiger partial charge in [-0.05, 0) is 36.3 Å². The third-order valence-corrected chi connectivity index (χ3v) is 5.33. The highest BCUT2D eigenvalue weighted by atomic mass is 32.1. The van der Waals surface area contributed by atoms with Crippen LogP contribution in [0.3, 0.4) is 0 Å². The first-order valence-corrected chi connectivity index (χ1v) is 8.25. The number of carbonyl (C=O) groups is 1. The summed E-state index contributed by atoms with van der Waals surface area (Å²) < 4.78 is 0. The lowest BCUT2D eigenvalue weighted by atomic mass is 10.1. The summed E-state index contributed by atoms with van der Waals surface area (Å²) >= 11 is 1.56. The standard InChI is InChI=1S/C18H16N2OS/c19-17-16(13-8-4-10-15(13)22-17)18(21)20-14-9-3-6-11-5-1-2-7-12(11)14/h1-3,5-7,9H,4,8,10,19H2,(H,20,21). The Hall–Kier alpha value is -2.33. The van der Waals surface area contributed by atoms with Gasteiger partial charge >= 0.3 is 0 Å². The Bertz CT molecular complexity index is 877.